The summed E-state index contributed by atoms with van der Waals surface area (Å²) in [7, 11) is -1.97. The van der Waals surface area contributed by atoms with Crippen molar-refractivity contribution < 1.29 is 18.3 Å². The van der Waals surface area contributed by atoms with E-state index in [0.717, 1.165) is 17.0 Å². The maximum absolute atomic E-state index is 12.8. The standard InChI is InChI=1S/C18H25N3O4S/c1-11(2)15-7-6-14(18(22)23)10-17(15)26(24,25)19-9-8-16-12(3)20-21(5)13(16)4/h6-7,10-11,19H,8-9H2,1-5H3,(H,22,23). The molecule has 1 heterocycles. The summed E-state index contributed by atoms with van der Waals surface area (Å²) >= 11 is 0. The zero-order valence-electron chi connectivity index (χ0n) is 15.7. The molecule has 26 heavy (non-hydrogen) atoms. The molecule has 2 rings (SSSR count). The molecule has 2 aromatic rings. The Morgan fingerprint density at radius 1 is 1.31 bits per heavy atom. The van der Waals surface area contributed by atoms with Gasteiger partial charge < -0.3 is 5.11 Å². The maximum atomic E-state index is 12.8. The van der Waals surface area contributed by atoms with Crippen molar-refractivity contribution >= 4 is 16.0 Å². The smallest absolute Gasteiger partial charge is 0.335 e. The van der Waals surface area contributed by atoms with Crippen molar-refractivity contribution in [3.05, 3.63) is 46.3 Å². The number of aromatic carboxylic acids is 1. The van der Waals surface area contributed by atoms with Crippen molar-refractivity contribution in [2.45, 2.75) is 44.9 Å². The van der Waals surface area contributed by atoms with E-state index in [1.165, 1.54) is 12.1 Å². The fourth-order valence-corrected chi connectivity index (χ4v) is 4.37. The fourth-order valence-electron chi connectivity index (χ4n) is 2.94. The number of aromatic nitrogens is 2. The molecule has 0 atom stereocenters. The number of hydrogen-bond acceptors (Lipinski definition) is 4. The average molecular weight is 379 g/mol. The Morgan fingerprint density at radius 3 is 2.46 bits per heavy atom. The monoisotopic (exact) mass is 379 g/mol. The van der Waals surface area contributed by atoms with Gasteiger partial charge in [-0.1, -0.05) is 19.9 Å². The predicted octanol–water partition coefficient (Wildman–Crippen LogP) is 2.38. The molecule has 0 aliphatic rings. The summed E-state index contributed by atoms with van der Waals surface area (Å²) in [6.45, 7) is 7.79. The van der Waals surface area contributed by atoms with E-state index < -0.39 is 16.0 Å². The van der Waals surface area contributed by atoms with E-state index in [-0.39, 0.29) is 22.9 Å². The highest BCUT2D eigenvalue weighted by Gasteiger charge is 2.22. The number of benzene rings is 1. The van der Waals surface area contributed by atoms with Gasteiger partial charge in [-0.2, -0.15) is 5.10 Å². The minimum Gasteiger partial charge on any atom is -0.478 e. The molecule has 142 valence electrons. The average Bonchev–Trinajstić information content (AvgIpc) is 2.80. The van der Waals surface area contributed by atoms with Gasteiger partial charge in [0, 0.05) is 19.3 Å². The SMILES string of the molecule is Cc1nn(C)c(C)c1CCNS(=O)(=O)c1cc(C(=O)O)ccc1C(C)C. The summed E-state index contributed by atoms with van der Waals surface area (Å²) in [6, 6.07) is 4.22. The van der Waals surface area contributed by atoms with E-state index in [9.17, 15) is 13.2 Å². The van der Waals surface area contributed by atoms with Crippen LogP contribution in [0.5, 0.6) is 0 Å². The van der Waals surface area contributed by atoms with E-state index in [1.807, 2.05) is 34.7 Å². The first-order valence-electron chi connectivity index (χ1n) is 8.40. The second-order valence-electron chi connectivity index (χ2n) is 6.63. The van der Waals surface area contributed by atoms with Gasteiger partial charge in [0.15, 0.2) is 0 Å². The third kappa shape index (κ3) is 4.13. The first kappa shape index (κ1) is 20.1. The van der Waals surface area contributed by atoms with Crippen LogP contribution in [0.4, 0.5) is 0 Å². The summed E-state index contributed by atoms with van der Waals surface area (Å²) in [5.74, 6) is -1.20. The summed E-state index contributed by atoms with van der Waals surface area (Å²) < 4.78 is 29.9. The second-order valence-corrected chi connectivity index (χ2v) is 8.37. The lowest BCUT2D eigenvalue weighted by Crippen LogP contribution is -2.27. The predicted molar refractivity (Wildman–Crippen MR) is 99.1 cm³/mol. The minimum atomic E-state index is -3.82. The Hall–Kier alpha value is -2.19. The van der Waals surface area contributed by atoms with E-state index >= 15 is 0 Å². The van der Waals surface area contributed by atoms with Crippen LogP contribution in [0.1, 0.15) is 52.6 Å². The topological polar surface area (TPSA) is 101 Å². The van der Waals surface area contributed by atoms with Gasteiger partial charge in [-0.25, -0.2) is 17.9 Å². The lowest BCUT2D eigenvalue weighted by atomic mass is 10.0. The number of hydrogen-bond donors (Lipinski definition) is 2. The van der Waals surface area contributed by atoms with Gasteiger partial charge >= 0.3 is 5.97 Å². The largest absolute Gasteiger partial charge is 0.478 e. The van der Waals surface area contributed by atoms with Crippen molar-refractivity contribution in [3.8, 4) is 0 Å². The van der Waals surface area contributed by atoms with E-state index in [1.54, 1.807) is 10.7 Å². The van der Waals surface area contributed by atoms with Gasteiger partial charge in [0.2, 0.25) is 10.0 Å². The maximum Gasteiger partial charge on any atom is 0.335 e. The Bertz CT molecular complexity index is 930. The van der Waals surface area contributed by atoms with Crippen molar-refractivity contribution in [2.75, 3.05) is 6.54 Å². The molecule has 1 aromatic carbocycles. The van der Waals surface area contributed by atoms with Crippen molar-refractivity contribution in [3.63, 3.8) is 0 Å². The normalized spacial score (nSPS) is 11.9. The Kier molecular flexibility index (Phi) is 5.87. The van der Waals surface area contributed by atoms with Crippen molar-refractivity contribution in [2.24, 2.45) is 7.05 Å². The minimum absolute atomic E-state index is 0.0204. The number of nitrogens with one attached hydrogen (secondary N) is 1. The third-order valence-electron chi connectivity index (χ3n) is 4.50. The number of nitrogens with zero attached hydrogens (tertiary/aromatic N) is 2. The zero-order valence-corrected chi connectivity index (χ0v) is 16.5. The molecule has 0 radical (unpaired) electrons. The van der Waals surface area contributed by atoms with Crippen LogP contribution in [0.2, 0.25) is 0 Å². The van der Waals surface area contributed by atoms with Gasteiger partial charge in [-0.15, -0.1) is 0 Å². The van der Waals surface area contributed by atoms with Crippen LogP contribution in [0.25, 0.3) is 0 Å². The number of carboxylic acids is 1. The van der Waals surface area contributed by atoms with Crippen LogP contribution in [0.3, 0.4) is 0 Å². The van der Waals surface area contributed by atoms with Crippen molar-refractivity contribution in [1.82, 2.24) is 14.5 Å². The number of rotatable bonds is 7. The van der Waals surface area contributed by atoms with Crippen LogP contribution in [0, 0.1) is 13.8 Å². The van der Waals surface area contributed by atoms with E-state index in [4.69, 9.17) is 5.11 Å². The first-order chi connectivity index (χ1) is 12.0. The highest BCUT2D eigenvalue weighted by atomic mass is 32.2. The molecule has 0 bridgehead atoms. The van der Waals surface area contributed by atoms with E-state index in [0.29, 0.717) is 12.0 Å². The van der Waals surface area contributed by atoms with Crippen LogP contribution in [0.15, 0.2) is 23.1 Å². The Labute approximate surface area is 154 Å². The highest BCUT2D eigenvalue weighted by Crippen LogP contribution is 2.25. The van der Waals surface area contributed by atoms with Gasteiger partial charge in [-0.3, -0.25) is 4.68 Å². The highest BCUT2D eigenvalue weighted by molar-refractivity contribution is 7.89. The molecule has 0 amide bonds. The lowest BCUT2D eigenvalue weighted by molar-refractivity contribution is 0.0696. The van der Waals surface area contributed by atoms with Gasteiger partial charge in [0.25, 0.3) is 0 Å². The fraction of sp³-hybridized carbons (Fsp3) is 0.444. The molecule has 0 saturated carbocycles. The van der Waals surface area contributed by atoms with Gasteiger partial charge in [-0.05, 0) is 49.4 Å². The summed E-state index contributed by atoms with van der Waals surface area (Å²) in [6.07, 6.45) is 0.514. The summed E-state index contributed by atoms with van der Waals surface area (Å²) in [5, 5.41) is 13.5. The molecular weight excluding hydrogens is 354 g/mol. The van der Waals surface area contributed by atoms with E-state index in [2.05, 4.69) is 9.82 Å². The lowest BCUT2D eigenvalue weighted by Gasteiger charge is -2.15. The first-order valence-corrected chi connectivity index (χ1v) is 9.89. The van der Waals surface area contributed by atoms with Crippen molar-refractivity contribution in [1.29, 1.82) is 0 Å². The molecule has 0 unspecified atom stereocenters. The third-order valence-corrected chi connectivity index (χ3v) is 6.01. The van der Waals surface area contributed by atoms with Gasteiger partial charge in [0.1, 0.15) is 0 Å². The Balaban J connectivity index is 2.26. The van der Waals surface area contributed by atoms with Crippen LogP contribution >= 0.6 is 0 Å². The molecule has 0 spiro atoms. The molecule has 0 aliphatic carbocycles. The quantitative estimate of drug-likeness (QED) is 0.769. The number of aryl methyl sites for hydroxylation is 2. The van der Waals surface area contributed by atoms with Crippen LogP contribution in [-0.4, -0.2) is 35.8 Å². The molecule has 0 fully saturated rings. The molecule has 1 aromatic heterocycles. The van der Waals surface area contributed by atoms with Gasteiger partial charge in [0.05, 0.1) is 16.2 Å². The number of sulfonamides is 1. The van der Waals surface area contributed by atoms with Crippen LogP contribution in [-0.2, 0) is 23.5 Å². The molecule has 0 saturated heterocycles. The summed E-state index contributed by atoms with van der Waals surface area (Å²) in [4.78, 5) is 11.2. The number of carbonyl (C=O) groups is 1. The second kappa shape index (κ2) is 7.59. The summed E-state index contributed by atoms with van der Waals surface area (Å²) in [5.41, 5.74) is 3.43. The zero-order chi connectivity index (χ0) is 19.6. The molecule has 7 nitrogen and oxygen atoms in total. The Morgan fingerprint density at radius 2 is 1.96 bits per heavy atom. The molecule has 8 heteroatoms. The molecule has 2 N–H and O–H groups in total. The number of carboxylic acid groups (broad SMARTS) is 1. The molecule has 0 aliphatic heterocycles. The molecular formula is C18H25N3O4S. The van der Waals surface area contributed by atoms with Crippen LogP contribution < -0.4 is 4.72 Å².